The molecule has 0 bridgehead atoms. The molecule has 0 amide bonds. The van der Waals surface area contributed by atoms with Crippen molar-refractivity contribution >= 4 is 42.7 Å². The van der Waals surface area contributed by atoms with Crippen molar-refractivity contribution in [1.82, 2.24) is 9.97 Å². The molecule has 1 heterocycles. The first-order chi connectivity index (χ1) is 6.25. The van der Waals surface area contributed by atoms with Crippen LogP contribution in [-0.4, -0.2) is 9.97 Å². The van der Waals surface area contributed by atoms with Gasteiger partial charge in [-0.1, -0.05) is 12.1 Å². The summed E-state index contributed by atoms with van der Waals surface area (Å²) in [6.07, 6.45) is 1.84. The molecule has 1 aromatic carbocycles. The SMILES string of the molecule is Cl.Cl.Nc1ccc(-c2c[nH]c(=S)[nH]2)cc1. The molecule has 2 rings (SSSR count). The monoisotopic (exact) mass is 263 g/mol. The summed E-state index contributed by atoms with van der Waals surface area (Å²) >= 11 is 4.92. The molecule has 0 aliphatic heterocycles. The van der Waals surface area contributed by atoms with Crippen LogP contribution in [-0.2, 0) is 0 Å². The Morgan fingerprint density at radius 2 is 1.67 bits per heavy atom. The van der Waals surface area contributed by atoms with Crippen molar-refractivity contribution in [2.45, 2.75) is 0 Å². The maximum absolute atomic E-state index is 5.57. The third-order valence-electron chi connectivity index (χ3n) is 1.82. The van der Waals surface area contributed by atoms with Crippen molar-refractivity contribution in [3.63, 3.8) is 0 Å². The number of benzene rings is 1. The average Bonchev–Trinajstić information content (AvgIpc) is 2.53. The molecule has 3 nitrogen and oxygen atoms in total. The molecule has 0 saturated carbocycles. The minimum absolute atomic E-state index is 0. The zero-order chi connectivity index (χ0) is 9.26. The number of nitrogen functional groups attached to an aromatic ring is 1. The van der Waals surface area contributed by atoms with Gasteiger partial charge in [-0.05, 0) is 29.9 Å². The van der Waals surface area contributed by atoms with E-state index in [0.29, 0.717) is 4.77 Å². The van der Waals surface area contributed by atoms with Gasteiger partial charge in [0.25, 0.3) is 0 Å². The van der Waals surface area contributed by atoms with E-state index >= 15 is 0 Å². The van der Waals surface area contributed by atoms with Gasteiger partial charge < -0.3 is 15.7 Å². The van der Waals surface area contributed by atoms with Crippen molar-refractivity contribution in [3.8, 4) is 11.3 Å². The third-order valence-corrected chi connectivity index (χ3v) is 2.04. The quantitative estimate of drug-likeness (QED) is 0.547. The second kappa shape index (κ2) is 5.80. The van der Waals surface area contributed by atoms with E-state index in [2.05, 4.69) is 9.97 Å². The molecule has 0 aliphatic rings. The third kappa shape index (κ3) is 3.27. The van der Waals surface area contributed by atoms with Crippen molar-refractivity contribution in [2.75, 3.05) is 5.73 Å². The van der Waals surface area contributed by atoms with Gasteiger partial charge in [0, 0.05) is 11.9 Å². The summed E-state index contributed by atoms with van der Waals surface area (Å²) in [6.45, 7) is 0. The molecule has 82 valence electrons. The second-order valence-corrected chi connectivity index (χ2v) is 3.19. The molecule has 2 aromatic rings. The Hall–Kier alpha value is -0.970. The highest BCUT2D eigenvalue weighted by Crippen LogP contribution is 2.17. The molecule has 0 aliphatic carbocycles. The van der Waals surface area contributed by atoms with Crippen LogP contribution >= 0.6 is 37.0 Å². The summed E-state index contributed by atoms with van der Waals surface area (Å²) < 4.78 is 0.631. The number of imidazole rings is 1. The van der Waals surface area contributed by atoms with Gasteiger partial charge in [-0.25, -0.2) is 0 Å². The molecule has 6 heteroatoms. The molecular weight excluding hydrogens is 253 g/mol. The van der Waals surface area contributed by atoms with Crippen LogP contribution in [0, 0.1) is 4.77 Å². The van der Waals surface area contributed by atoms with Crippen molar-refractivity contribution < 1.29 is 0 Å². The summed E-state index contributed by atoms with van der Waals surface area (Å²) in [5, 5.41) is 0. The Kier molecular flexibility index (Phi) is 5.43. The van der Waals surface area contributed by atoms with Crippen LogP contribution in [0.2, 0.25) is 0 Å². The van der Waals surface area contributed by atoms with Gasteiger partial charge in [0.1, 0.15) is 0 Å². The van der Waals surface area contributed by atoms with Crippen LogP contribution < -0.4 is 5.73 Å². The first kappa shape index (κ1) is 14.0. The molecule has 0 saturated heterocycles. The van der Waals surface area contributed by atoms with Gasteiger partial charge in [-0.3, -0.25) is 0 Å². The van der Waals surface area contributed by atoms with E-state index in [0.717, 1.165) is 16.9 Å². The number of hydrogen-bond donors (Lipinski definition) is 3. The summed E-state index contributed by atoms with van der Waals surface area (Å²) in [6, 6.07) is 7.62. The number of nitrogens with two attached hydrogens (primary N) is 1. The summed E-state index contributed by atoms with van der Waals surface area (Å²) in [5.74, 6) is 0. The number of aromatic nitrogens is 2. The smallest absolute Gasteiger partial charge is 0.174 e. The van der Waals surface area contributed by atoms with Crippen LogP contribution in [0.5, 0.6) is 0 Å². The summed E-state index contributed by atoms with van der Waals surface area (Å²) in [5.41, 5.74) is 8.38. The van der Waals surface area contributed by atoms with Crippen LogP contribution in [0.1, 0.15) is 0 Å². The lowest BCUT2D eigenvalue weighted by Crippen LogP contribution is -1.83. The maximum Gasteiger partial charge on any atom is 0.174 e. The minimum Gasteiger partial charge on any atom is -0.399 e. The highest BCUT2D eigenvalue weighted by Gasteiger charge is 1.97. The molecule has 0 fully saturated rings. The molecule has 0 atom stereocenters. The van der Waals surface area contributed by atoms with Gasteiger partial charge in [-0.2, -0.15) is 0 Å². The topological polar surface area (TPSA) is 57.6 Å². The lowest BCUT2D eigenvalue weighted by molar-refractivity contribution is 1.27. The van der Waals surface area contributed by atoms with E-state index in [4.69, 9.17) is 18.0 Å². The minimum atomic E-state index is 0. The predicted molar refractivity (Wildman–Crippen MR) is 70.3 cm³/mol. The zero-order valence-corrected chi connectivity index (χ0v) is 10.1. The van der Waals surface area contributed by atoms with Gasteiger partial charge in [0.15, 0.2) is 4.77 Å². The standard InChI is InChI=1S/C9H9N3S.2ClH/c10-7-3-1-6(2-4-7)8-5-11-9(13)12-8;;/h1-5H,10H2,(H2,11,12,13);2*1H. The Morgan fingerprint density at radius 3 is 2.13 bits per heavy atom. The van der Waals surface area contributed by atoms with Crippen molar-refractivity contribution in [1.29, 1.82) is 0 Å². The highest BCUT2D eigenvalue weighted by molar-refractivity contribution is 7.71. The van der Waals surface area contributed by atoms with Crippen molar-refractivity contribution in [2.24, 2.45) is 0 Å². The van der Waals surface area contributed by atoms with E-state index in [-0.39, 0.29) is 24.8 Å². The largest absolute Gasteiger partial charge is 0.399 e. The fourth-order valence-corrected chi connectivity index (χ4v) is 1.32. The number of rotatable bonds is 1. The van der Waals surface area contributed by atoms with E-state index in [9.17, 15) is 0 Å². The maximum atomic E-state index is 5.57. The van der Waals surface area contributed by atoms with Crippen LogP contribution in [0.15, 0.2) is 30.5 Å². The molecule has 0 spiro atoms. The normalized spacial score (nSPS) is 8.80. The van der Waals surface area contributed by atoms with Gasteiger partial charge in [0.05, 0.1) is 5.69 Å². The molecule has 0 unspecified atom stereocenters. The summed E-state index contributed by atoms with van der Waals surface area (Å²) in [4.78, 5) is 5.94. The van der Waals surface area contributed by atoms with Crippen LogP contribution in [0.25, 0.3) is 11.3 Å². The van der Waals surface area contributed by atoms with Crippen LogP contribution in [0.4, 0.5) is 5.69 Å². The fourth-order valence-electron chi connectivity index (χ4n) is 1.15. The Bertz CT molecular complexity index is 461. The molecule has 4 N–H and O–H groups in total. The number of aromatic amines is 2. The Labute approximate surface area is 105 Å². The van der Waals surface area contributed by atoms with Gasteiger partial charge in [-0.15, -0.1) is 24.8 Å². The first-order valence-electron chi connectivity index (χ1n) is 3.89. The zero-order valence-electron chi connectivity index (χ0n) is 7.69. The number of nitrogens with one attached hydrogen (secondary N) is 2. The Morgan fingerprint density at radius 1 is 1.07 bits per heavy atom. The number of halogens is 2. The van der Waals surface area contributed by atoms with Crippen molar-refractivity contribution in [3.05, 3.63) is 35.2 Å². The van der Waals surface area contributed by atoms with Crippen LogP contribution in [0.3, 0.4) is 0 Å². The lowest BCUT2D eigenvalue weighted by atomic mass is 10.1. The lowest BCUT2D eigenvalue weighted by Gasteiger charge is -1.96. The molecule has 0 radical (unpaired) electrons. The first-order valence-corrected chi connectivity index (χ1v) is 4.30. The summed E-state index contributed by atoms with van der Waals surface area (Å²) in [7, 11) is 0. The van der Waals surface area contributed by atoms with Gasteiger partial charge >= 0.3 is 0 Å². The molecule has 1 aromatic heterocycles. The average molecular weight is 264 g/mol. The molecular formula is C9H11Cl2N3S. The number of hydrogen-bond acceptors (Lipinski definition) is 2. The fraction of sp³-hybridized carbons (Fsp3) is 0. The number of anilines is 1. The van der Waals surface area contributed by atoms with E-state index < -0.39 is 0 Å². The van der Waals surface area contributed by atoms with E-state index in [1.165, 1.54) is 0 Å². The van der Waals surface area contributed by atoms with Gasteiger partial charge in [0.2, 0.25) is 0 Å². The predicted octanol–water partition coefficient (Wildman–Crippen LogP) is 3.17. The van der Waals surface area contributed by atoms with E-state index in [1.54, 1.807) is 0 Å². The number of H-pyrrole nitrogens is 2. The Balaban J connectivity index is 0.000000980. The van der Waals surface area contributed by atoms with E-state index in [1.807, 2.05) is 30.5 Å². The molecule has 15 heavy (non-hydrogen) atoms. The highest BCUT2D eigenvalue weighted by atomic mass is 35.5. The second-order valence-electron chi connectivity index (χ2n) is 2.78.